The molecule has 0 saturated carbocycles. The Morgan fingerprint density at radius 2 is 1.90 bits per heavy atom. The molecule has 1 aromatic rings. The number of nitrogens with zero attached hydrogens (tertiary/aromatic N) is 1. The summed E-state index contributed by atoms with van der Waals surface area (Å²) in [6, 6.07) is 7.22. The number of carbonyl (C=O) groups is 2. The second-order valence-electron chi connectivity index (χ2n) is 4.38. The number of hydrogen-bond acceptors (Lipinski definition) is 4. The van der Waals surface area contributed by atoms with Gasteiger partial charge in [0.25, 0.3) is 0 Å². The zero-order valence-corrected chi connectivity index (χ0v) is 12.4. The van der Waals surface area contributed by atoms with E-state index in [0.29, 0.717) is 11.5 Å². The summed E-state index contributed by atoms with van der Waals surface area (Å²) >= 11 is 4.86. The number of nitrogens with two attached hydrogens (primary N) is 1. The van der Waals surface area contributed by atoms with Crippen LogP contribution in [0.15, 0.2) is 24.3 Å². The highest BCUT2D eigenvalue weighted by Crippen LogP contribution is 2.07. The third-order valence-electron chi connectivity index (χ3n) is 2.90. The van der Waals surface area contributed by atoms with Crippen molar-refractivity contribution in [3.05, 3.63) is 35.4 Å². The maximum atomic E-state index is 12.0. The first kappa shape index (κ1) is 16.1. The van der Waals surface area contributed by atoms with Crippen molar-refractivity contribution >= 4 is 29.1 Å². The molecule has 0 aliphatic rings. The Bertz CT molecular complexity index is 500. The smallest absolute Gasteiger partial charge is 0.307 e. The lowest BCUT2D eigenvalue weighted by Gasteiger charge is -2.16. The third kappa shape index (κ3) is 4.97. The molecule has 0 radical (unpaired) electrons. The highest BCUT2D eigenvalue weighted by Gasteiger charge is 2.11. The number of ether oxygens (including phenoxy) is 1. The van der Waals surface area contributed by atoms with Gasteiger partial charge in [-0.15, -0.1) is 0 Å². The van der Waals surface area contributed by atoms with E-state index < -0.39 is 0 Å². The lowest BCUT2D eigenvalue weighted by Crippen LogP contribution is -2.30. The van der Waals surface area contributed by atoms with Crippen molar-refractivity contribution < 1.29 is 14.3 Å². The first-order valence-electron chi connectivity index (χ1n) is 6.13. The van der Waals surface area contributed by atoms with Gasteiger partial charge in [0.1, 0.15) is 4.99 Å². The largest absolute Gasteiger partial charge is 0.469 e. The van der Waals surface area contributed by atoms with E-state index in [1.165, 1.54) is 12.0 Å². The van der Waals surface area contributed by atoms with E-state index >= 15 is 0 Å². The van der Waals surface area contributed by atoms with Gasteiger partial charge in [0, 0.05) is 19.2 Å². The second kappa shape index (κ2) is 7.59. The molecule has 0 spiro atoms. The van der Waals surface area contributed by atoms with Gasteiger partial charge in [-0.1, -0.05) is 36.5 Å². The van der Waals surface area contributed by atoms with Gasteiger partial charge < -0.3 is 15.4 Å². The van der Waals surface area contributed by atoms with E-state index in [9.17, 15) is 9.59 Å². The molecular formula is C14H18N2O3S. The van der Waals surface area contributed by atoms with Crippen LogP contribution in [0.2, 0.25) is 0 Å². The van der Waals surface area contributed by atoms with Crippen LogP contribution in [-0.4, -0.2) is 42.5 Å². The van der Waals surface area contributed by atoms with E-state index in [-0.39, 0.29) is 24.7 Å². The first-order chi connectivity index (χ1) is 9.43. The molecule has 0 aromatic heterocycles. The standard InChI is InChI=1S/C14H18N2O3S/c1-16(8-7-13(18)19-2)12(17)9-10-3-5-11(6-4-10)14(15)20/h3-6H,7-9H2,1-2H3,(H2,15,20). The molecule has 1 aromatic carbocycles. The van der Waals surface area contributed by atoms with Gasteiger partial charge in [-0.2, -0.15) is 0 Å². The fourth-order valence-electron chi connectivity index (χ4n) is 1.58. The molecular weight excluding hydrogens is 276 g/mol. The Hall–Kier alpha value is -1.95. The zero-order valence-electron chi connectivity index (χ0n) is 11.6. The minimum absolute atomic E-state index is 0.0584. The molecule has 0 fully saturated rings. The zero-order chi connectivity index (χ0) is 15.1. The molecule has 20 heavy (non-hydrogen) atoms. The quantitative estimate of drug-likeness (QED) is 0.623. The molecule has 0 atom stereocenters. The van der Waals surface area contributed by atoms with E-state index in [0.717, 1.165) is 11.1 Å². The molecule has 5 nitrogen and oxygen atoms in total. The predicted octanol–water partition coefficient (Wildman–Crippen LogP) is 0.885. The molecule has 108 valence electrons. The van der Waals surface area contributed by atoms with Crippen LogP contribution in [0.4, 0.5) is 0 Å². The van der Waals surface area contributed by atoms with E-state index in [1.54, 1.807) is 19.2 Å². The highest BCUT2D eigenvalue weighted by atomic mass is 32.1. The summed E-state index contributed by atoms with van der Waals surface area (Å²) in [5, 5.41) is 0. The van der Waals surface area contributed by atoms with Gasteiger partial charge in [0.05, 0.1) is 20.0 Å². The van der Waals surface area contributed by atoms with Gasteiger partial charge in [-0.25, -0.2) is 0 Å². The molecule has 1 amide bonds. The number of carbonyl (C=O) groups excluding carboxylic acids is 2. The topological polar surface area (TPSA) is 72.6 Å². The molecule has 2 N–H and O–H groups in total. The molecule has 1 rings (SSSR count). The van der Waals surface area contributed by atoms with Crippen molar-refractivity contribution in [2.45, 2.75) is 12.8 Å². The summed E-state index contributed by atoms with van der Waals surface area (Å²) in [7, 11) is 2.99. The van der Waals surface area contributed by atoms with Crippen molar-refractivity contribution in [1.29, 1.82) is 0 Å². The average molecular weight is 294 g/mol. The number of amides is 1. The second-order valence-corrected chi connectivity index (χ2v) is 4.82. The summed E-state index contributed by atoms with van der Waals surface area (Å²) in [5.74, 6) is -0.387. The van der Waals surface area contributed by atoms with Gasteiger partial charge in [-0.3, -0.25) is 9.59 Å². The number of methoxy groups -OCH3 is 1. The minimum atomic E-state index is -0.328. The maximum absolute atomic E-state index is 12.0. The molecule has 0 saturated heterocycles. The summed E-state index contributed by atoms with van der Waals surface area (Å²) in [4.78, 5) is 24.8. The SMILES string of the molecule is COC(=O)CCN(C)C(=O)Cc1ccc(C(N)=S)cc1. The van der Waals surface area contributed by atoms with Crippen LogP contribution in [-0.2, 0) is 20.7 Å². The van der Waals surface area contributed by atoms with Crippen LogP contribution in [0.25, 0.3) is 0 Å². The molecule has 0 bridgehead atoms. The third-order valence-corrected chi connectivity index (χ3v) is 3.13. The Balaban J connectivity index is 2.52. The first-order valence-corrected chi connectivity index (χ1v) is 6.54. The molecule has 0 heterocycles. The summed E-state index contributed by atoms with van der Waals surface area (Å²) in [5.41, 5.74) is 7.16. The number of thiocarbonyl (C=S) groups is 1. The maximum Gasteiger partial charge on any atom is 0.307 e. The van der Waals surface area contributed by atoms with Crippen LogP contribution in [0.5, 0.6) is 0 Å². The van der Waals surface area contributed by atoms with Crippen molar-refractivity contribution in [3.63, 3.8) is 0 Å². The van der Waals surface area contributed by atoms with Crippen LogP contribution in [0, 0.1) is 0 Å². The van der Waals surface area contributed by atoms with Crippen LogP contribution in [0.3, 0.4) is 0 Å². The minimum Gasteiger partial charge on any atom is -0.469 e. The van der Waals surface area contributed by atoms with Gasteiger partial charge in [0.15, 0.2) is 0 Å². The van der Waals surface area contributed by atoms with E-state index in [1.807, 2.05) is 12.1 Å². The lowest BCUT2D eigenvalue weighted by molar-refractivity contribution is -0.141. The van der Waals surface area contributed by atoms with Crippen LogP contribution in [0.1, 0.15) is 17.5 Å². The summed E-state index contributed by atoms with van der Waals surface area (Å²) in [6.45, 7) is 0.344. The van der Waals surface area contributed by atoms with Gasteiger partial charge in [-0.05, 0) is 5.56 Å². The van der Waals surface area contributed by atoms with Crippen molar-refractivity contribution in [2.24, 2.45) is 5.73 Å². The van der Waals surface area contributed by atoms with E-state index in [4.69, 9.17) is 18.0 Å². The molecule has 0 aliphatic heterocycles. The Morgan fingerprint density at radius 1 is 1.30 bits per heavy atom. The monoisotopic (exact) mass is 294 g/mol. The van der Waals surface area contributed by atoms with E-state index in [2.05, 4.69) is 4.74 Å². The van der Waals surface area contributed by atoms with Crippen molar-refractivity contribution in [2.75, 3.05) is 20.7 Å². The van der Waals surface area contributed by atoms with Crippen molar-refractivity contribution in [1.82, 2.24) is 4.90 Å². The van der Waals surface area contributed by atoms with Gasteiger partial charge >= 0.3 is 5.97 Å². The number of esters is 1. The van der Waals surface area contributed by atoms with Gasteiger partial charge in [0.2, 0.25) is 5.91 Å². The average Bonchev–Trinajstić information content (AvgIpc) is 2.44. The number of likely N-dealkylation sites (N-methyl/N-ethyl adjacent to an activating group) is 1. The number of benzene rings is 1. The predicted molar refractivity (Wildman–Crippen MR) is 80.3 cm³/mol. The fourth-order valence-corrected chi connectivity index (χ4v) is 1.72. The number of rotatable bonds is 6. The highest BCUT2D eigenvalue weighted by molar-refractivity contribution is 7.80. The Labute approximate surface area is 123 Å². The number of hydrogen-bond donors (Lipinski definition) is 1. The molecule has 0 aliphatic carbocycles. The Kier molecular flexibility index (Phi) is 6.11. The summed E-state index contributed by atoms with van der Waals surface area (Å²) < 4.78 is 4.53. The summed E-state index contributed by atoms with van der Waals surface area (Å²) in [6.07, 6.45) is 0.467. The Morgan fingerprint density at radius 3 is 2.40 bits per heavy atom. The normalized spacial score (nSPS) is 9.90. The van der Waals surface area contributed by atoms with Crippen molar-refractivity contribution in [3.8, 4) is 0 Å². The molecule has 0 unspecified atom stereocenters. The van der Waals surface area contributed by atoms with Crippen LogP contribution >= 0.6 is 12.2 Å². The van der Waals surface area contributed by atoms with Crippen LogP contribution < -0.4 is 5.73 Å². The molecule has 6 heteroatoms. The lowest BCUT2D eigenvalue weighted by atomic mass is 10.1. The fraction of sp³-hybridized carbons (Fsp3) is 0.357.